The third-order valence-electron chi connectivity index (χ3n) is 19.0. The standard InChI is InChI=1S/C64H73BN2/c1-38-29-46-45-34-43-44-35-49-50(61(10,11)28-27-60(49,8)9)36-47(44)62(12,13)48(43)37-54(45)67(53-24-23-40(58(2,3)4)31-42(53)39-21-17-16-18-22-39)65-52-33-41(59(5,6)7)32-51-57(52)66(55(30-38)56(46)65)64(15)26-20-19-25-63(51,64)14/h16-18,21-24,29-37H,19-20,25-28H2,1-15H3. The Hall–Kier alpha value is -5.02. The van der Waals surface area contributed by atoms with E-state index < -0.39 is 0 Å². The van der Waals surface area contributed by atoms with Gasteiger partial charge in [-0.25, -0.2) is 0 Å². The summed E-state index contributed by atoms with van der Waals surface area (Å²) in [7, 11) is 0. The molecule has 0 aromatic heterocycles. The van der Waals surface area contributed by atoms with Gasteiger partial charge in [-0.05, 0) is 175 Å². The fourth-order valence-electron chi connectivity index (χ4n) is 14.5. The molecular weight excluding hydrogens is 808 g/mol. The molecule has 0 amide bonds. The van der Waals surface area contributed by atoms with E-state index in [2.05, 4.69) is 211 Å². The largest absolute Gasteiger partial charge is 0.376 e. The van der Waals surface area contributed by atoms with E-state index in [-0.39, 0.29) is 44.9 Å². The van der Waals surface area contributed by atoms with E-state index in [0.717, 1.165) is 0 Å². The van der Waals surface area contributed by atoms with Gasteiger partial charge in [0.25, 0.3) is 0 Å². The molecular formula is C64H73BN2. The average molecular weight is 881 g/mol. The van der Waals surface area contributed by atoms with E-state index in [9.17, 15) is 0 Å². The number of benzene rings is 6. The van der Waals surface area contributed by atoms with Crippen molar-refractivity contribution in [2.24, 2.45) is 0 Å². The van der Waals surface area contributed by atoms with Gasteiger partial charge < -0.3 is 9.71 Å². The van der Waals surface area contributed by atoms with Crippen LogP contribution in [0.1, 0.15) is 180 Å². The van der Waals surface area contributed by atoms with Crippen molar-refractivity contribution in [2.75, 3.05) is 9.71 Å². The third kappa shape index (κ3) is 5.70. The smallest absolute Gasteiger partial charge is 0.333 e. The Balaban J connectivity index is 1.23. The highest BCUT2D eigenvalue weighted by atomic mass is 15.3. The van der Waals surface area contributed by atoms with Crippen molar-refractivity contribution in [3.63, 3.8) is 0 Å². The van der Waals surface area contributed by atoms with E-state index in [1.165, 1.54) is 133 Å². The molecule has 6 aromatic carbocycles. The van der Waals surface area contributed by atoms with Crippen molar-refractivity contribution >= 4 is 40.5 Å². The first kappa shape index (κ1) is 43.3. The Bertz CT molecular complexity index is 3130. The maximum absolute atomic E-state index is 2.91. The minimum Gasteiger partial charge on any atom is -0.376 e. The predicted octanol–water partition coefficient (Wildman–Crippen LogP) is 15.9. The summed E-state index contributed by atoms with van der Waals surface area (Å²) in [5.74, 6) is 0. The van der Waals surface area contributed by atoms with Gasteiger partial charge in [0.2, 0.25) is 0 Å². The fraction of sp³-hybridized carbons (Fsp3) is 0.438. The highest BCUT2D eigenvalue weighted by Crippen LogP contribution is 2.64. The zero-order valence-corrected chi connectivity index (χ0v) is 43.5. The van der Waals surface area contributed by atoms with Gasteiger partial charge in [0.05, 0.1) is 5.54 Å². The quantitative estimate of drug-likeness (QED) is 0.160. The van der Waals surface area contributed by atoms with Gasteiger partial charge in [0.15, 0.2) is 0 Å². The Morgan fingerprint density at radius 3 is 1.82 bits per heavy atom. The molecule has 2 atom stereocenters. The lowest BCUT2D eigenvalue weighted by Crippen LogP contribution is -2.64. The summed E-state index contributed by atoms with van der Waals surface area (Å²) in [5.41, 5.74) is 28.5. The Kier molecular flexibility index (Phi) is 8.65. The molecule has 67 heavy (non-hydrogen) atoms. The highest BCUT2D eigenvalue weighted by Gasteiger charge is 2.62. The van der Waals surface area contributed by atoms with Crippen LogP contribution in [-0.4, -0.2) is 12.4 Å². The van der Waals surface area contributed by atoms with Gasteiger partial charge in [0.1, 0.15) is 0 Å². The molecule has 0 saturated heterocycles. The zero-order valence-electron chi connectivity index (χ0n) is 43.5. The summed E-state index contributed by atoms with van der Waals surface area (Å²) in [6.07, 6.45) is 7.39. The number of nitrogens with zero attached hydrogens (tertiary/aromatic N) is 2. The second kappa shape index (κ2) is 13.4. The SMILES string of the molecule is Cc1cc2c3c(c1)N1c4c(cc(C(C)(C)C)cc4C4(C)CCCCC14C)B3N(c1ccc(C(C)(C)C)cc1-c1ccccc1)c1cc3c(cc1-2)-c1cc2c(cc1C3(C)C)C(C)(C)CCC2(C)C. The summed E-state index contributed by atoms with van der Waals surface area (Å²) in [6, 6.07) is 39.9. The molecule has 0 bridgehead atoms. The van der Waals surface area contributed by atoms with Gasteiger partial charge in [0, 0.05) is 44.7 Å². The second-order valence-corrected chi connectivity index (χ2v) is 26.5. The summed E-state index contributed by atoms with van der Waals surface area (Å²) in [6.45, 7) is 36.9. The first-order valence-electron chi connectivity index (χ1n) is 25.9. The molecule has 342 valence electrons. The van der Waals surface area contributed by atoms with Gasteiger partial charge in [-0.15, -0.1) is 0 Å². The topological polar surface area (TPSA) is 6.48 Å². The maximum atomic E-state index is 2.91. The Morgan fingerprint density at radius 2 is 1.13 bits per heavy atom. The lowest BCUT2D eigenvalue weighted by Gasteiger charge is -2.53. The minimum absolute atomic E-state index is 0.00747. The summed E-state index contributed by atoms with van der Waals surface area (Å²) >= 11 is 0. The fourth-order valence-corrected chi connectivity index (χ4v) is 14.5. The summed E-state index contributed by atoms with van der Waals surface area (Å²) < 4.78 is 0. The Labute approximate surface area is 403 Å². The molecule has 0 N–H and O–H groups in total. The van der Waals surface area contributed by atoms with Crippen LogP contribution in [0, 0.1) is 6.92 Å². The molecule has 2 unspecified atom stereocenters. The first-order valence-corrected chi connectivity index (χ1v) is 25.9. The molecule has 3 aliphatic heterocycles. The van der Waals surface area contributed by atoms with Gasteiger partial charge in [-0.1, -0.05) is 164 Å². The summed E-state index contributed by atoms with van der Waals surface area (Å²) in [5, 5.41) is 0. The van der Waals surface area contributed by atoms with Crippen LogP contribution >= 0.6 is 0 Å². The Morgan fingerprint density at radius 1 is 0.493 bits per heavy atom. The van der Waals surface area contributed by atoms with Crippen LogP contribution in [0.15, 0.2) is 97.1 Å². The van der Waals surface area contributed by atoms with Crippen molar-refractivity contribution in [2.45, 2.75) is 180 Å². The molecule has 0 spiro atoms. The number of rotatable bonds is 2. The normalized spacial score (nSPS) is 23.2. The van der Waals surface area contributed by atoms with Crippen LogP contribution in [0.3, 0.4) is 0 Å². The highest BCUT2D eigenvalue weighted by molar-refractivity contribution is 6.93. The lowest BCUT2D eigenvalue weighted by atomic mass is 9.43. The maximum Gasteiger partial charge on any atom is 0.333 e. The number of hydrogen-bond donors (Lipinski definition) is 0. The van der Waals surface area contributed by atoms with Gasteiger partial charge in [-0.3, -0.25) is 0 Å². The lowest BCUT2D eigenvalue weighted by molar-refractivity contribution is 0.195. The average Bonchev–Trinajstić information content (AvgIpc) is 3.62. The molecule has 3 heterocycles. The molecule has 0 radical (unpaired) electrons. The van der Waals surface area contributed by atoms with E-state index in [4.69, 9.17) is 0 Å². The molecule has 12 rings (SSSR count). The van der Waals surface area contributed by atoms with E-state index in [1.54, 1.807) is 16.7 Å². The third-order valence-corrected chi connectivity index (χ3v) is 19.0. The summed E-state index contributed by atoms with van der Waals surface area (Å²) in [4.78, 5) is 5.77. The van der Waals surface area contributed by atoms with Crippen LogP contribution < -0.4 is 20.6 Å². The monoisotopic (exact) mass is 881 g/mol. The second-order valence-electron chi connectivity index (χ2n) is 26.5. The van der Waals surface area contributed by atoms with Crippen LogP contribution in [-0.2, 0) is 32.5 Å². The van der Waals surface area contributed by atoms with Crippen molar-refractivity contribution in [1.29, 1.82) is 0 Å². The van der Waals surface area contributed by atoms with E-state index in [0.29, 0.717) is 0 Å². The van der Waals surface area contributed by atoms with Crippen molar-refractivity contribution in [3.05, 3.63) is 142 Å². The molecule has 2 nitrogen and oxygen atoms in total. The van der Waals surface area contributed by atoms with Crippen molar-refractivity contribution < 1.29 is 0 Å². The molecule has 6 aliphatic rings. The zero-order chi connectivity index (χ0) is 47.3. The van der Waals surface area contributed by atoms with Gasteiger partial charge >= 0.3 is 6.85 Å². The van der Waals surface area contributed by atoms with Crippen LogP contribution in [0.4, 0.5) is 22.7 Å². The van der Waals surface area contributed by atoms with E-state index in [1.807, 2.05) is 0 Å². The van der Waals surface area contributed by atoms with Gasteiger partial charge in [-0.2, -0.15) is 0 Å². The molecule has 3 aliphatic carbocycles. The number of aryl methyl sites for hydroxylation is 1. The molecule has 3 heteroatoms. The predicted molar refractivity (Wildman–Crippen MR) is 289 cm³/mol. The molecule has 6 aromatic rings. The van der Waals surface area contributed by atoms with Crippen LogP contribution in [0.2, 0.25) is 0 Å². The molecule has 1 fully saturated rings. The number of hydrogen-bond acceptors (Lipinski definition) is 2. The number of anilines is 4. The van der Waals surface area contributed by atoms with Crippen molar-refractivity contribution in [3.8, 4) is 33.4 Å². The van der Waals surface area contributed by atoms with E-state index >= 15 is 0 Å². The van der Waals surface area contributed by atoms with Crippen LogP contribution in [0.5, 0.6) is 0 Å². The number of fused-ring (bicyclic) bond motifs is 11. The van der Waals surface area contributed by atoms with Crippen molar-refractivity contribution in [1.82, 2.24) is 0 Å². The first-order chi connectivity index (χ1) is 31.4. The minimum atomic E-state index is -0.176. The van der Waals surface area contributed by atoms with Crippen LogP contribution in [0.25, 0.3) is 33.4 Å². The molecule has 1 saturated carbocycles.